The fourth-order valence-corrected chi connectivity index (χ4v) is 4.24. The van der Waals surface area contributed by atoms with E-state index in [9.17, 15) is 0 Å². The van der Waals surface area contributed by atoms with Gasteiger partial charge >= 0.3 is 0 Å². The molecule has 140 valence electrons. The Morgan fingerprint density at radius 2 is 1.92 bits per heavy atom. The Morgan fingerprint density at radius 3 is 2.54 bits per heavy atom. The summed E-state index contributed by atoms with van der Waals surface area (Å²) < 4.78 is 5.62. The molecular weight excluding hydrogens is 344 g/mol. The highest BCUT2D eigenvalue weighted by Crippen LogP contribution is 2.34. The molecule has 2 N–H and O–H groups in total. The van der Waals surface area contributed by atoms with E-state index in [1.807, 2.05) is 7.05 Å². The molecule has 0 spiro atoms. The van der Waals surface area contributed by atoms with E-state index in [2.05, 4.69) is 64.8 Å². The molecule has 1 aromatic carbocycles. The maximum absolute atomic E-state index is 5.62. The number of rotatable bonds is 5. The zero-order chi connectivity index (χ0) is 18.4. The van der Waals surface area contributed by atoms with E-state index in [0.717, 1.165) is 49.3 Å². The van der Waals surface area contributed by atoms with E-state index in [-0.39, 0.29) is 5.41 Å². The molecule has 26 heavy (non-hydrogen) atoms. The van der Waals surface area contributed by atoms with Crippen molar-refractivity contribution in [3.8, 4) is 0 Å². The van der Waals surface area contributed by atoms with Gasteiger partial charge in [-0.15, -0.1) is 11.3 Å². The van der Waals surface area contributed by atoms with Gasteiger partial charge in [0.2, 0.25) is 0 Å². The zero-order valence-electron chi connectivity index (χ0n) is 15.8. The van der Waals surface area contributed by atoms with Crippen LogP contribution in [0.25, 0.3) is 0 Å². The van der Waals surface area contributed by atoms with Gasteiger partial charge in [-0.1, -0.05) is 30.3 Å². The lowest BCUT2D eigenvalue weighted by molar-refractivity contribution is 0.0514. The number of aliphatic imine (C=N–C) groups is 1. The van der Waals surface area contributed by atoms with Crippen LogP contribution in [0.2, 0.25) is 0 Å². The summed E-state index contributed by atoms with van der Waals surface area (Å²) in [6.07, 6.45) is 2.04. The Hall–Kier alpha value is -1.92. The second-order valence-electron chi connectivity index (χ2n) is 6.79. The van der Waals surface area contributed by atoms with Gasteiger partial charge in [-0.2, -0.15) is 0 Å². The summed E-state index contributed by atoms with van der Waals surface area (Å²) in [5, 5.41) is 8.01. The molecule has 2 heterocycles. The first-order valence-electron chi connectivity index (χ1n) is 9.14. The maximum Gasteiger partial charge on any atom is 0.191 e. The summed E-state index contributed by atoms with van der Waals surface area (Å²) in [4.78, 5) is 10.2. The molecule has 0 unspecified atom stereocenters. The van der Waals surface area contributed by atoms with E-state index in [1.54, 1.807) is 11.3 Å². The van der Waals surface area contributed by atoms with E-state index in [1.165, 1.54) is 10.4 Å². The largest absolute Gasteiger partial charge is 0.381 e. The van der Waals surface area contributed by atoms with Crippen molar-refractivity contribution >= 4 is 17.3 Å². The highest BCUT2D eigenvalue weighted by Gasteiger charge is 2.34. The summed E-state index contributed by atoms with van der Waals surface area (Å²) in [5.41, 5.74) is 2.57. The Morgan fingerprint density at radius 1 is 1.19 bits per heavy atom. The van der Waals surface area contributed by atoms with E-state index < -0.39 is 0 Å². The van der Waals surface area contributed by atoms with Crippen molar-refractivity contribution in [3.63, 3.8) is 0 Å². The monoisotopic (exact) mass is 372 g/mol. The molecule has 2 aromatic rings. The first-order chi connectivity index (χ1) is 12.6. The molecule has 0 atom stereocenters. The van der Waals surface area contributed by atoms with Crippen molar-refractivity contribution in [1.82, 2.24) is 15.6 Å². The van der Waals surface area contributed by atoms with Crippen LogP contribution in [0.15, 0.2) is 35.3 Å². The Kier molecular flexibility index (Phi) is 6.27. The van der Waals surface area contributed by atoms with Crippen LogP contribution < -0.4 is 10.6 Å². The van der Waals surface area contributed by atoms with Crippen molar-refractivity contribution in [2.45, 2.75) is 38.6 Å². The number of nitrogens with one attached hydrogen (secondary N) is 2. The number of benzene rings is 1. The van der Waals surface area contributed by atoms with Gasteiger partial charge in [0, 0.05) is 37.1 Å². The molecule has 0 radical (unpaired) electrons. The molecule has 0 aliphatic carbocycles. The van der Waals surface area contributed by atoms with Gasteiger partial charge in [0.1, 0.15) is 5.01 Å². The molecule has 1 aliphatic rings. The van der Waals surface area contributed by atoms with Gasteiger partial charge in [0.15, 0.2) is 5.96 Å². The van der Waals surface area contributed by atoms with Crippen molar-refractivity contribution in [1.29, 1.82) is 0 Å². The van der Waals surface area contributed by atoms with Crippen molar-refractivity contribution in [2.75, 3.05) is 26.8 Å². The van der Waals surface area contributed by atoms with Gasteiger partial charge in [-0.05, 0) is 32.3 Å². The smallest absolute Gasteiger partial charge is 0.191 e. The van der Waals surface area contributed by atoms with E-state index in [0.29, 0.717) is 6.54 Å². The first kappa shape index (κ1) is 18.9. The minimum absolute atomic E-state index is 0.0888. The molecule has 0 amide bonds. The van der Waals surface area contributed by atoms with Crippen LogP contribution >= 0.6 is 11.3 Å². The highest BCUT2D eigenvalue weighted by atomic mass is 32.1. The zero-order valence-corrected chi connectivity index (χ0v) is 16.7. The minimum atomic E-state index is 0.0888. The standard InChI is InChI=1S/C20H28N4OS/c1-15-16(2)26-18(24-15)13-22-19(21-3)23-14-20(9-11-25-12-10-20)17-7-5-4-6-8-17/h4-8H,9-14H2,1-3H3,(H2,21,22,23). The lowest BCUT2D eigenvalue weighted by Crippen LogP contribution is -2.47. The second kappa shape index (κ2) is 8.64. The number of hydrogen-bond donors (Lipinski definition) is 2. The maximum atomic E-state index is 5.62. The van der Waals surface area contributed by atoms with Crippen LogP contribution in [0.1, 0.15) is 34.0 Å². The average molecular weight is 373 g/mol. The normalized spacial score (nSPS) is 17.1. The van der Waals surface area contributed by atoms with Gasteiger partial charge in [-0.25, -0.2) is 4.98 Å². The van der Waals surface area contributed by atoms with Crippen LogP contribution in [-0.4, -0.2) is 37.7 Å². The van der Waals surface area contributed by atoms with E-state index in [4.69, 9.17) is 4.74 Å². The lowest BCUT2D eigenvalue weighted by Gasteiger charge is -2.38. The Balaban J connectivity index is 1.63. The highest BCUT2D eigenvalue weighted by molar-refractivity contribution is 7.11. The number of guanidine groups is 1. The minimum Gasteiger partial charge on any atom is -0.381 e. The molecule has 5 nitrogen and oxygen atoms in total. The topological polar surface area (TPSA) is 58.5 Å². The van der Waals surface area contributed by atoms with Crippen molar-refractivity contribution < 1.29 is 4.74 Å². The van der Waals surface area contributed by atoms with Crippen LogP contribution in [0.3, 0.4) is 0 Å². The van der Waals surface area contributed by atoms with Crippen LogP contribution in [0.5, 0.6) is 0 Å². The van der Waals surface area contributed by atoms with Crippen molar-refractivity contribution in [3.05, 3.63) is 51.5 Å². The quantitative estimate of drug-likeness (QED) is 0.625. The third kappa shape index (κ3) is 4.43. The van der Waals surface area contributed by atoms with Gasteiger partial charge < -0.3 is 15.4 Å². The molecule has 3 rings (SSSR count). The van der Waals surface area contributed by atoms with Crippen LogP contribution in [0.4, 0.5) is 0 Å². The molecule has 6 heteroatoms. The number of ether oxygens (including phenoxy) is 1. The van der Waals surface area contributed by atoms with Crippen molar-refractivity contribution in [2.24, 2.45) is 4.99 Å². The molecule has 0 bridgehead atoms. The first-order valence-corrected chi connectivity index (χ1v) is 9.95. The van der Waals surface area contributed by atoms with Gasteiger partial charge in [0.05, 0.1) is 12.2 Å². The molecule has 1 aliphatic heterocycles. The lowest BCUT2D eigenvalue weighted by atomic mass is 9.74. The summed E-state index contributed by atoms with van der Waals surface area (Å²) >= 11 is 1.74. The van der Waals surface area contributed by atoms with Gasteiger partial charge in [-0.3, -0.25) is 4.99 Å². The summed E-state index contributed by atoms with van der Waals surface area (Å²) in [7, 11) is 1.81. The molecule has 1 saturated heterocycles. The van der Waals surface area contributed by atoms with Crippen LogP contribution in [0, 0.1) is 13.8 Å². The Bertz CT molecular complexity index is 716. The fraction of sp³-hybridized carbons (Fsp3) is 0.500. The predicted molar refractivity (Wildman–Crippen MR) is 108 cm³/mol. The molecular formula is C20H28N4OS. The van der Waals surface area contributed by atoms with Crippen LogP contribution in [-0.2, 0) is 16.7 Å². The predicted octanol–water partition coefficient (Wildman–Crippen LogP) is 3.17. The van der Waals surface area contributed by atoms with E-state index >= 15 is 0 Å². The number of hydrogen-bond acceptors (Lipinski definition) is 4. The number of thiazole rings is 1. The number of nitrogens with zero attached hydrogens (tertiary/aromatic N) is 2. The molecule has 1 fully saturated rings. The third-order valence-electron chi connectivity index (χ3n) is 5.13. The summed E-state index contributed by atoms with van der Waals surface area (Å²) in [6.45, 7) is 7.31. The van der Waals surface area contributed by atoms with Gasteiger partial charge in [0.25, 0.3) is 0 Å². The molecule has 1 aromatic heterocycles. The average Bonchev–Trinajstić information content (AvgIpc) is 3.01. The SMILES string of the molecule is CN=C(NCc1nc(C)c(C)s1)NCC1(c2ccccc2)CCOCC1. The second-order valence-corrected chi connectivity index (χ2v) is 8.07. The summed E-state index contributed by atoms with van der Waals surface area (Å²) in [5.74, 6) is 0.817. The summed E-state index contributed by atoms with van der Waals surface area (Å²) in [6, 6.07) is 10.8. The number of aromatic nitrogens is 1. The number of aryl methyl sites for hydroxylation is 2. The third-order valence-corrected chi connectivity index (χ3v) is 6.21. The molecule has 0 saturated carbocycles. The fourth-order valence-electron chi connectivity index (χ4n) is 3.37. The Labute approximate surface area is 159 Å².